The lowest BCUT2D eigenvalue weighted by atomic mass is 10.2. The molecule has 0 unspecified atom stereocenters. The molecule has 0 aliphatic carbocycles. The first kappa shape index (κ1) is 16.4. The van der Waals surface area contributed by atoms with E-state index < -0.39 is 0 Å². The first-order valence-corrected chi connectivity index (χ1v) is 8.66. The zero-order chi connectivity index (χ0) is 15.6. The molecule has 1 heterocycles. The van der Waals surface area contributed by atoms with Crippen LogP contribution in [0, 0.1) is 0 Å². The van der Waals surface area contributed by atoms with Crippen molar-refractivity contribution in [1.29, 1.82) is 0 Å². The third kappa shape index (κ3) is 5.11. The molecular formula is C16H22N4OS. The van der Waals surface area contributed by atoms with Crippen LogP contribution in [-0.4, -0.2) is 36.5 Å². The van der Waals surface area contributed by atoms with Crippen molar-refractivity contribution in [2.45, 2.75) is 13.0 Å². The van der Waals surface area contributed by atoms with Crippen LogP contribution in [0.1, 0.15) is 12.1 Å². The fraction of sp³-hybridized carbons (Fsp3) is 0.375. The molecule has 2 rings (SSSR count). The number of oxazole rings is 1. The van der Waals surface area contributed by atoms with E-state index in [1.807, 2.05) is 42.1 Å². The van der Waals surface area contributed by atoms with Crippen LogP contribution in [0.25, 0.3) is 11.5 Å². The highest BCUT2D eigenvalue weighted by Crippen LogP contribution is 2.17. The average molecular weight is 318 g/mol. The molecule has 5 nitrogen and oxygen atoms in total. The van der Waals surface area contributed by atoms with Crippen LogP contribution in [0.15, 0.2) is 46.0 Å². The summed E-state index contributed by atoms with van der Waals surface area (Å²) >= 11 is 1.85. The van der Waals surface area contributed by atoms with Gasteiger partial charge in [0.2, 0.25) is 5.89 Å². The average Bonchev–Trinajstić information content (AvgIpc) is 3.04. The zero-order valence-electron chi connectivity index (χ0n) is 13.0. The lowest BCUT2D eigenvalue weighted by Gasteiger charge is -2.10. The van der Waals surface area contributed by atoms with Crippen molar-refractivity contribution in [3.05, 3.63) is 42.3 Å². The second kappa shape index (κ2) is 9.15. The van der Waals surface area contributed by atoms with E-state index in [2.05, 4.69) is 26.9 Å². The van der Waals surface area contributed by atoms with E-state index in [9.17, 15) is 0 Å². The molecule has 0 aliphatic rings. The third-order valence-electron chi connectivity index (χ3n) is 3.05. The molecule has 0 aliphatic heterocycles. The summed E-state index contributed by atoms with van der Waals surface area (Å²) in [6.45, 7) is 1.49. The number of nitrogens with zero attached hydrogens (tertiary/aromatic N) is 2. The Bertz CT molecular complexity index is 583. The molecule has 22 heavy (non-hydrogen) atoms. The second-order valence-electron chi connectivity index (χ2n) is 4.71. The molecule has 0 bridgehead atoms. The summed E-state index contributed by atoms with van der Waals surface area (Å²) < 4.78 is 5.52. The number of nitrogens with one attached hydrogen (secondary N) is 2. The van der Waals surface area contributed by atoms with Crippen LogP contribution >= 0.6 is 11.8 Å². The smallest absolute Gasteiger partial charge is 0.226 e. The van der Waals surface area contributed by atoms with E-state index in [1.165, 1.54) is 0 Å². The molecular weight excluding hydrogens is 296 g/mol. The number of thioether (sulfide) groups is 1. The van der Waals surface area contributed by atoms with Crippen LogP contribution in [0.4, 0.5) is 0 Å². The molecule has 0 radical (unpaired) electrons. The van der Waals surface area contributed by atoms with Gasteiger partial charge in [-0.3, -0.25) is 4.99 Å². The summed E-state index contributed by atoms with van der Waals surface area (Å²) in [4.78, 5) is 8.68. The van der Waals surface area contributed by atoms with Crippen LogP contribution < -0.4 is 10.6 Å². The second-order valence-corrected chi connectivity index (χ2v) is 5.69. The Morgan fingerprint density at radius 1 is 1.27 bits per heavy atom. The molecule has 1 aromatic heterocycles. The molecule has 0 spiro atoms. The van der Waals surface area contributed by atoms with Gasteiger partial charge in [0, 0.05) is 19.2 Å². The molecule has 6 heteroatoms. The molecule has 0 saturated carbocycles. The van der Waals surface area contributed by atoms with Gasteiger partial charge in [0.15, 0.2) is 5.96 Å². The maximum absolute atomic E-state index is 5.52. The van der Waals surface area contributed by atoms with Crippen molar-refractivity contribution in [2.24, 2.45) is 4.99 Å². The number of rotatable bonds is 7. The molecule has 0 saturated heterocycles. The van der Waals surface area contributed by atoms with Crippen molar-refractivity contribution >= 4 is 17.7 Å². The standard InChI is InChI=1S/C16H22N4OS/c1-17-16(18-9-6-10-22-2)19-11-14-12-21-15(20-14)13-7-4-3-5-8-13/h3-5,7-8,12H,6,9-11H2,1-2H3,(H2,17,18,19). The van der Waals surface area contributed by atoms with Crippen molar-refractivity contribution in [3.8, 4) is 11.5 Å². The Labute approximate surface area is 135 Å². The summed E-state index contributed by atoms with van der Waals surface area (Å²) in [7, 11) is 1.77. The molecule has 0 atom stereocenters. The van der Waals surface area contributed by atoms with E-state index in [4.69, 9.17) is 4.42 Å². The van der Waals surface area contributed by atoms with Gasteiger partial charge in [-0.25, -0.2) is 4.98 Å². The number of guanidine groups is 1. The maximum atomic E-state index is 5.52. The fourth-order valence-electron chi connectivity index (χ4n) is 1.92. The van der Waals surface area contributed by atoms with Crippen molar-refractivity contribution in [3.63, 3.8) is 0 Å². The lowest BCUT2D eigenvalue weighted by Crippen LogP contribution is -2.37. The maximum Gasteiger partial charge on any atom is 0.226 e. The lowest BCUT2D eigenvalue weighted by molar-refractivity contribution is 0.572. The minimum atomic E-state index is 0.582. The van der Waals surface area contributed by atoms with E-state index in [0.29, 0.717) is 12.4 Å². The van der Waals surface area contributed by atoms with E-state index >= 15 is 0 Å². The highest BCUT2D eigenvalue weighted by Gasteiger charge is 2.06. The molecule has 2 N–H and O–H groups in total. The van der Waals surface area contributed by atoms with Gasteiger partial charge in [0.1, 0.15) is 6.26 Å². The van der Waals surface area contributed by atoms with E-state index in [-0.39, 0.29) is 0 Å². The number of benzene rings is 1. The van der Waals surface area contributed by atoms with E-state index in [1.54, 1.807) is 13.3 Å². The van der Waals surface area contributed by atoms with Gasteiger partial charge >= 0.3 is 0 Å². The third-order valence-corrected chi connectivity index (χ3v) is 3.75. The molecule has 2 aromatic rings. The molecule has 1 aromatic carbocycles. The highest BCUT2D eigenvalue weighted by atomic mass is 32.2. The number of aliphatic imine (C=N–C) groups is 1. The first-order valence-electron chi connectivity index (χ1n) is 7.26. The Kier molecular flexibility index (Phi) is 6.83. The van der Waals surface area contributed by atoms with Gasteiger partial charge in [-0.2, -0.15) is 11.8 Å². The van der Waals surface area contributed by atoms with Gasteiger partial charge in [-0.1, -0.05) is 18.2 Å². The number of hydrogen-bond donors (Lipinski definition) is 2. The fourth-order valence-corrected chi connectivity index (χ4v) is 2.35. The van der Waals surface area contributed by atoms with Crippen LogP contribution in [0.3, 0.4) is 0 Å². The number of hydrogen-bond acceptors (Lipinski definition) is 4. The molecule has 118 valence electrons. The molecule has 0 fully saturated rings. The summed E-state index contributed by atoms with van der Waals surface area (Å²) in [5, 5.41) is 6.52. The van der Waals surface area contributed by atoms with Crippen molar-refractivity contribution in [1.82, 2.24) is 15.6 Å². The topological polar surface area (TPSA) is 62.5 Å². The molecule has 0 amide bonds. The Morgan fingerprint density at radius 3 is 2.82 bits per heavy atom. The SMILES string of the molecule is CN=C(NCCCSC)NCc1coc(-c2ccccc2)n1. The monoisotopic (exact) mass is 318 g/mol. The quantitative estimate of drug-likeness (QED) is 0.467. The Morgan fingerprint density at radius 2 is 2.09 bits per heavy atom. The Balaban J connectivity index is 1.82. The van der Waals surface area contributed by atoms with Gasteiger partial charge in [-0.15, -0.1) is 0 Å². The minimum absolute atomic E-state index is 0.582. The van der Waals surface area contributed by atoms with Crippen LogP contribution in [-0.2, 0) is 6.54 Å². The van der Waals surface area contributed by atoms with Crippen LogP contribution in [0.5, 0.6) is 0 Å². The van der Waals surface area contributed by atoms with Crippen LogP contribution in [0.2, 0.25) is 0 Å². The van der Waals surface area contributed by atoms with Gasteiger partial charge in [0.05, 0.1) is 12.2 Å². The summed E-state index contributed by atoms with van der Waals surface area (Å²) in [5.41, 5.74) is 1.83. The van der Waals surface area contributed by atoms with E-state index in [0.717, 1.165) is 35.9 Å². The number of aromatic nitrogens is 1. The predicted octanol–water partition coefficient (Wildman–Crippen LogP) is 2.76. The largest absolute Gasteiger partial charge is 0.444 e. The normalized spacial score (nSPS) is 11.5. The van der Waals surface area contributed by atoms with Gasteiger partial charge in [0.25, 0.3) is 0 Å². The first-order chi connectivity index (χ1) is 10.8. The minimum Gasteiger partial charge on any atom is -0.444 e. The van der Waals surface area contributed by atoms with Crippen molar-refractivity contribution < 1.29 is 4.42 Å². The van der Waals surface area contributed by atoms with Crippen molar-refractivity contribution in [2.75, 3.05) is 25.6 Å². The van der Waals surface area contributed by atoms with Gasteiger partial charge < -0.3 is 15.1 Å². The zero-order valence-corrected chi connectivity index (χ0v) is 13.8. The predicted molar refractivity (Wildman–Crippen MR) is 93.1 cm³/mol. The summed E-state index contributed by atoms with van der Waals surface area (Å²) in [5.74, 6) is 2.57. The Hall–Kier alpha value is -1.95. The van der Waals surface area contributed by atoms with Gasteiger partial charge in [-0.05, 0) is 30.6 Å². The summed E-state index contributed by atoms with van der Waals surface area (Å²) in [6, 6.07) is 9.88. The summed E-state index contributed by atoms with van der Waals surface area (Å²) in [6.07, 6.45) is 4.91. The highest BCUT2D eigenvalue weighted by molar-refractivity contribution is 7.98.